The Balaban J connectivity index is 2.66. The molecule has 0 amide bonds. The minimum Gasteiger partial charge on any atom is -0.466 e. The fourth-order valence-electron chi connectivity index (χ4n) is 3.75. The third-order valence-electron chi connectivity index (χ3n) is 6.12. The van der Waals surface area contributed by atoms with Crippen LogP contribution in [0.1, 0.15) is 86.1 Å². The molecule has 31 heavy (non-hydrogen) atoms. The van der Waals surface area contributed by atoms with Gasteiger partial charge in [0, 0.05) is 13.3 Å². The van der Waals surface area contributed by atoms with Gasteiger partial charge in [0.15, 0.2) is 0 Å². The summed E-state index contributed by atoms with van der Waals surface area (Å²) in [4.78, 5) is 11.5. The first-order valence-electron chi connectivity index (χ1n) is 11.6. The van der Waals surface area contributed by atoms with Crippen LogP contribution in [0.15, 0.2) is 47.5 Å². The minimum atomic E-state index is -0.488. The summed E-state index contributed by atoms with van der Waals surface area (Å²) in [6, 6.07) is 10.4. The lowest BCUT2D eigenvalue weighted by molar-refractivity contribution is -0.140. The second-order valence-electron chi connectivity index (χ2n) is 9.21. The second kappa shape index (κ2) is 11.1. The van der Waals surface area contributed by atoms with Gasteiger partial charge in [-0.25, -0.2) is 0 Å². The summed E-state index contributed by atoms with van der Waals surface area (Å²) in [6.45, 7) is 14.4. The number of allylic oxidation sites excluding steroid dienone is 3. The van der Waals surface area contributed by atoms with E-state index in [9.17, 15) is 4.79 Å². The van der Waals surface area contributed by atoms with Gasteiger partial charge < -0.3 is 14.0 Å². The van der Waals surface area contributed by atoms with Crippen molar-refractivity contribution in [3.05, 3.63) is 53.0 Å². The molecule has 0 N–H and O–H groups in total. The van der Waals surface area contributed by atoms with Crippen LogP contribution in [0.25, 0.3) is 5.57 Å². The Labute approximate surface area is 189 Å². The molecule has 2 rings (SSSR count). The van der Waals surface area contributed by atoms with E-state index in [0.29, 0.717) is 13.0 Å². The summed E-state index contributed by atoms with van der Waals surface area (Å²) >= 11 is 0. The van der Waals surface area contributed by atoms with E-state index in [4.69, 9.17) is 14.0 Å². The Morgan fingerprint density at radius 3 is 2.13 bits per heavy atom. The Hall–Kier alpha value is -1.85. The van der Waals surface area contributed by atoms with Gasteiger partial charge in [0.05, 0.1) is 17.8 Å². The summed E-state index contributed by atoms with van der Waals surface area (Å²) in [6.07, 6.45) is 7.05. The van der Waals surface area contributed by atoms with E-state index in [2.05, 4.69) is 71.9 Å². The summed E-state index contributed by atoms with van der Waals surface area (Å²) in [7, 11) is -0.488. The van der Waals surface area contributed by atoms with Gasteiger partial charge in [-0.15, -0.1) is 0 Å². The Bertz CT molecular complexity index is 777. The summed E-state index contributed by atoms with van der Waals surface area (Å²) in [5, 5.41) is 0. The van der Waals surface area contributed by atoms with Gasteiger partial charge in [0.1, 0.15) is 0 Å². The predicted octanol–water partition coefficient (Wildman–Crippen LogP) is 6.55. The molecule has 0 saturated carbocycles. The molecule has 1 aliphatic heterocycles. The summed E-state index contributed by atoms with van der Waals surface area (Å²) < 4.78 is 18.3. The second-order valence-corrected chi connectivity index (χ2v) is 9.21. The van der Waals surface area contributed by atoms with E-state index in [-0.39, 0.29) is 5.97 Å². The van der Waals surface area contributed by atoms with Gasteiger partial charge in [-0.1, -0.05) is 63.1 Å². The number of unbranched alkanes of at least 4 members (excludes halogenated alkanes) is 1. The molecule has 4 nitrogen and oxygen atoms in total. The van der Waals surface area contributed by atoms with Gasteiger partial charge in [0.2, 0.25) is 0 Å². The summed E-state index contributed by atoms with van der Waals surface area (Å²) in [5.74, 6) is -0.273. The Morgan fingerprint density at radius 2 is 1.61 bits per heavy atom. The lowest BCUT2D eigenvalue weighted by Crippen LogP contribution is -2.41. The molecule has 0 aliphatic carbocycles. The number of hydrogen-bond donors (Lipinski definition) is 0. The highest BCUT2D eigenvalue weighted by atomic mass is 16.7. The van der Waals surface area contributed by atoms with Crippen LogP contribution in [0.3, 0.4) is 0 Å². The normalized spacial score (nSPS) is 18.7. The van der Waals surface area contributed by atoms with Gasteiger partial charge in [0.25, 0.3) is 0 Å². The van der Waals surface area contributed by atoms with Crippen LogP contribution in [0.4, 0.5) is 0 Å². The lowest BCUT2D eigenvalue weighted by Gasteiger charge is -2.32. The zero-order valence-corrected chi connectivity index (χ0v) is 20.4. The average molecular weight is 426 g/mol. The molecule has 1 fully saturated rings. The highest BCUT2D eigenvalue weighted by Gasteiger charge is 2.52. The average Bonchev–Trinajstić information content (AvgIpc) is 2.92. The topological polar surface area (TPSA) is 44.8 Å². The van der Waals surface area contributed by atoms with E-state index in [1.807, 2.05) is 6.07 Å². The standard InChI is InChI=1S/C26H39BO4/c1-8-10-15-21(14-9-2)24(22-16-12-11-13-17-22)23(18-19-29-20(3)28)27-30-25(4,5)26(6,7)31-27/h11-13,15-17H,8-10,14,18-19H2,1-7H3/b21-15-,24-23-. The fourth-order valence-corrected chi connectivity index (χ4v) is 3.75. The zero-order chi connectivity index (χ0) is 23.1. The lowest BCUT2D eigenvalue weighted by atomic mass is 9.70. The molecule has 0 bridgehead atoms. The van der Waals surface area contributed by atoms with Crippen LogP contribution in [-0.4, -0.2) is 30.9 Å². The number of esters is 1. The highest BCUT2D eigenvalue weighted by molar-refractivity contribution is 6.56. The molecular formula is C26H39BO4. The number of carbonyl (C=O) groups is 1. The maximum Gasteiger partial charge on any atom is 0.491 e. The van der Waals surface area contributed by atoms with Crippen molar-refractivity contribution in [2.45, 2.75) is 91.8 Å². The van der Waals surface area contributed by atoms with Crippen molar-refractivity contribution >= 4 is 18.7 Å². The number of hydrogen-bond acceptors (Lipinski definition) is 4. The minimum absolute atomic E-state index is 0.273. The van der Waals surface area contributed by atoms with Crippen LogP contribution >= 0.6 is 0 Å². The van der Waals surface area contributed by atoms with Crippen molar-refractivity contribution in [3.8, 4) is 0 Å². The van der Waals surface area contributed by atoms with Crippen molar-refractivity contribution in [1.82, 2.24) is 0 Å². The van der Waals surface area contributed by atoms with Crippen molar-refractivity contribution in [1.29, 1.82) is 0 Å². The molecule has 1 saturated heterocycles. The Morgan fingerprint density at radius 1 is 1.00 bits per heavy atom. The van der Waals surface area contributed by atoms with Crippen LogP contribution < -0.4 is 0 Å². The van der Waals surface area contributed by atoms with E-state index in [0.717, 1.165) is 36.7 Å². The monoisotopic (exact) mass is 426 g/mol. The highest BCUT2D eigenvalue weighted by Crippen LogP contribution is 2.42. The largest absolute Gasteiger partial charge is 0.491 e. The van der Waals surface area contributed by atoms with Gasteiger partial charge in [-0.3, -0.25) is 4.79 Å². The van der Waals surface area contributed by atoms with Crippen molar-refractivity contribution in [3.63, 3.8) is 0 Å². The molecular weight excluding hydrogens is 387 g/mol. The molecule has 0 aromatic heterocycles. The molecule has 170 valence electrons. The number of carbonyl (C=O) groups excluding carboxylic acids is 1. The zero-order valence-electron chi connectivity index (χ0n) is 20.4. The number of benzene rings is 1. The first-order valence-corrected chi connectivity index (χ1v) is 11.6. The van der Waals surface area contributed by atoms with Crippen LogP contribution in [0, 0.1) is 0 Å². The first-order chi connectivity index (χ1) is 14.6. The van der Waals surface area contributed by atoms with E-state index < -0.39 is 18.3 Å². The SMILES string of the molecule is CCC/C=C(CCC)\C(=C(/CCOC(C)=O)B1OC(C)(C)C(C)(C)O1)c1ccccc1. The van der Waals surface area contributed by atoms with Crippen molar-refractivity contribution < 1.29 is 18.8 Å². The molecule has 0 spiro atoms. The molecule has 1 aliphatic rings. The molecule has 1 aromatic rings. The quantitative estimate of drug-likeness (QED) is 0.242. The molecule has 0 atom stereocenters. The number of ether oxygens (including phenoxy) is 1. The molecule has 1 aromatic carbocycles. The van der Waals surface area contributed by atoms with Crippen molar-refractivity contribution in [2.75, 3.05) is 6.61 Å². The predicted molar refractivity (Wildman–Crippen MR) is 129 cm³/mol. The molecule has 5 heteroatoms. The fraction of sp³-hybridized carbons (Fsp3) is 0.577. The van der Waals surface area contributed by atoms with Crippen molar-refractivity contribution in [2.24, 2.45) is 0 Å². The Kier molecular flexibility index (Phi) is 9.14. The van der Waals surface area contributed by atoms with E-state index in [1.54, 1.807) is 0 Å². The van der Waals surface area contributed by atoms with Crippen LogP contribution in [0.5, 0.6) is 0 Å². The third-order valence-corrected chi connectivity index (χ3v) is 6.12. The van der Waals surface area contributed by atoms with E-state index >= 15 is 0 Å². The van der Waals surface area contributed by atoms with Crippen LogP contribution in [-0.2, 0) is 18.8 Å². The maximum absolute atomic E-state index is 11.5. The van der Waals surface area contributed by atoms with Gasteiger partial charge in [-0.05, 0) is 62.7 Å². The molecule has 1 heterocycles. The third kappa shape index (κ3) is 6.57. The van der Waals surface area contributed by atoms with E-state index in [1.165, 1.54) is 18.1 Å². The van der Waals surface area contributed by atoms with Gasteiger partial charge >= 0.3 is 13.1 Å². The molecule has 0 radical (unpaired) electrons. The maximum atomic E-state index is 11.5. The molecule has 0 unspecified atom stereocenters. The first kappa shape index (κ1) is 25.4. The number of rotatable bonds is 10. The van der Waals surface area contributed by atoms with Gasteiger partial charge in [-0.2, -0.15) is 0 Å². The van der Waals surface area contributed by atoms with Crippen LogP contribution in [0.2, 0.25) is 0 Å². The summed E-state index contributed by atoms with van der Waals surface area (Å²) in [5.41, 5.74) is 3.78. The smallest absolute Gasteiger partial charge is 0.466 e.